The number of alkyl halides is 3. The average Bonchev–Trinajstić information content (AvgIpc) is 2.72. The highest BCUT2D eigenvalue weighted by atomic mass is 32.2. The van der Waals surface area contributed by atoms with Gasteiger partial charge in [-0.3, -0.25) is 9.69 Å². The molecule has 154 valence electrons. The van der Waals surface area contributed by atoms with Crippen molar-refractivity contribution < 1.29 is 18.0 Å². The third kappa shape index (κ3) is 4.87. The molecule has 0 unspecified atom stereocenters. The summed E-state index contributed by atoms with van der Waals surface area (Å²) >= 11 is 1.56. The van der Waals surface area contributed by atoms with E-state index in [0.717, 1.165) is 42.7 Å². The van der Waals surface area contributed by atoms with Crippen LogP contribution in [-0.4, -0.2) is 49.3 Å². The molecular formula is C21H22F3N3OS. The lowest BCUT2D eigenvalue weighted by molar-refractivity contribution is -0.137. The number of nitrogens with zero attached hydrogens (tertiary/aromatic N) is 2. The molecule has 1 saturated heterocycles. The molecule has 4 nitrogen and oxygen atoms in total. The number of piperazine rings is 1. The van der Waals surface area contributed by atoms with Crippen molar-refractivity contribution in [2.45, 2.75) is 17.5 Å². The number of hydrogen-bond donors (Lipinski definition) is 1. The van der Waals surface area contributed by atoms with Gasteiger partial charge in [0, 0.05) is 43.3 Å². The van der Waals surface area contributed by atoms with Gasteiger partial charge in [-0.1, -0.05) is 12.1 Å². The van der Waals surface area contributed by atoms with Crippen molar-refractivity contribution in [2.75, 3.05) is 48.7 Å². The molecule has 4 rings (SSSR count). The molecule has 2 aliphatic rings. The van der Waals surface area contributed by atoms with Crippen LogP contribution in [0.15, 0.2) is 47.4 Å². The molecule has 2 aliphatic heterocycles. The fourth-order valence-electron chi connectivity index (χ4n) is 3.67. The normalized spacial score (nSPS) is 17.8. The van der Waals surface area contributed by atoms with Crippen molar-refractivity contribution in [2.24, 2.45) is 0 Å². The van der Waals surface area contributed by atoms with Gasteiger partial charge in [-0.05, 0) is 42.3 Å². The Balaban J connectivity index is 1.30. The van der Waals surface area contributed by atoms with E-state index in [9.17, 15) is 18.0 Å². The van der Waals surface area contributed by atoms with E-state index in [1.807, 2.05) is 17.0 Å². The zero-order valence-electron chi connectivity index (χ0n) is 15.8. The van der Waals surface area contributed by atoms with Gasteiger partial charge in [0.05, 0.1) is 17.0 Å². The first kappa shape index (κ1) is 20.1. The summed E-state index contributed by atoms with van der Waals surface area (Å²) in [5, 5.41) is 2.88. The molecule has 2 aromatic carbocycles. The molecule has 0 aromatic heterocycles. The zero-order valence-corrected chi connectivity index (χ0v) is 16.7. The predicted octanol–water partition coefficient (Wildman–Crippen LogP) is 4.11. The van der Waals surface area contributed by atoms with Crippen LogP contribution in [0, 0.1) is 0 Å². The molecule has 2 aromatic rings. The number of halogens is 3. The van der Waals surface area contributed by atoms with Crippen molar-refractivity contribution in [3.63, 3.8) is 0 Å². The number of thioether (sulfide) groups is 1. The van der Waals surface area contributed by atoms with Crippen molar-refractivity contribution in [3.8, 4) is 0 Å². The number of nitrogens with one attached hydrogen (secondary N) is 1. The van der Waals surface area contributed by atoms with E-state index in [1.165, 1.54) is 17.7 Å². The number of hydrogen-bond acceptors (Lipinski definition) is 4. The van der Waals surface area contributed by atoms with Crippen LogP contribution in [0.1, 0.15) is 11.1 Å². The number of carbonyl (C=O) groups is 1. The smallest absolute Gasteiger partial charge is 0.369 e. The number of amides is 1. The lowest BCUT2D eigenvalue weighted by Gasteiger charge is -2.36. The van der Waals surface area contributed by atoms with Gasteiger partial charge >= 0.3 is 6.18 Å². The fraction of sp³-hybridized carbons (Fsp3) is 0.381. The SMILES string of the molecule is O=C1CSc2cc(CCN3CCN(c4cccc(C(F)(F)F)c4)CC3)ccc2N1. The Kier molecular flexibility index (Phi) is 5.74. The Morgan fingerprint density at radius 3 is 2.59 bits per heavy atom. The summed E-state index contributed by atoms with van der Waals surface area (Å²) in [5.74, 6) is 0.488. The molecule has 0 atom stereocenters. The van der Waals surface area contributed by atoms with Crippen molar-refractivity contribution >= 4 is 29.0 Å². The second-order valence-electron chi connectivity index (χ2n) is 7.29. The maximum Gasteiger partial charge on any atom is 0.416 e. The molecule has 0 spiro atoms. The molecule has 0 bridgehead atoms. The predicted molar refractivity (Wildman–Crippen MR) is 110 cm³/mol. The largest absolute Gasteiger partial charge is 0.416 e. The van der Waals surface area contributed by atoms with Crippen LogP contribution in [0.4, 0.5) is 24.5 Å². The molecular weight excluding hydrogens is 399 g/mol. The Labute approximate surface area is 172 Å². The minimum Gasteiger partial charge on any atom is -0.369 e. The van der Waals surface area contributed by atoms with Crippen LogP contribution in [0.2, 0.25) is 0 Å². The molecule has 1 fully saturated rings. The zero-order chi connectivity index (χ0) is 20.4. The molecule has 0 aliphatic carbocycles. The number of fused-ring (bicyclic) bond motifs is 1. The van der Waals surface area contributed by atoms with Crippen LogP contribution in [0.3, 0.4) is 0 Å². The second kappa shape index (κ2) is 8.28. The van der Waals surface area contributed by atoms with Crippen LogP contribution >= 0.6 is 11.8 Å². The molecule has 29 heavy (non-hydrogen) atoms. The summed E-state index contributed by atoms with van der Waals surface area (Å²) < 4.78 is 38.8. The number of carbonyl (C=O) groups excluding carboxylic acids is 1. The minimum atomic E-state index is -4.31. The summed E-state index contributed by atoms with van der Waals surface area (Å²) in [6.07, 6.45) is -3.40. The summed E-state index contributed by atoms with van der Waals surface area (Å²) in [6.45, 7) is 3.99. The molecule has 8 heteroatoms. The topological polar surface area (TPSA) is 35.6 Å². The van der Waals surface area contributed by atoms with Gasteiger partial charge in [0.25, 0.3) is 0 Å². The standard InChI is InChI=1S/C21H22F3N3OS/c22-21(23,24)16-2-1-3-17(13-16)27-10-8-26(9-11-27)7-6-15-4-5-18-19(12-15)29-14-20(28)25-18/h1-5,12-13H,6-11,14H2,(H,25,28). The highest BCUT2D eigenvalue weighted by Crippen LogP contribution is 2.33. The van der Waals surface area contributed by atoms with Gasteiger partial charge in [0.15, 0.2) is 0 Å². The third-order valence-corrected chi connectivity index (χ3v) is 6.36. The Morgan fingerprint density at radius 2 is 1.83 bits per heavy atom. The highest BCUT2D eigenvalue weighted by Gasteiger charge is 2.31. The molecule has 0 saturated carbocycles. The quantitative estimate of drug-likeness (QED) is 0.806. The van der Waals surface area contributed by atoms with Crippen molar-refractivity contribution in [1.82, 2.24) is 4.90 Å². The highest BCUT2D eigenvalue weighted by molar-refractivity contribution is 8.00. The van der Waals surface area contributed by atoms with E-state index in [1.54, 1.807) is 17.8 Å². The summed E-state index contributed by atoms with van der Waals surface area (Å²) in [4.78, 5) is 16.9. The van der Waals surface area contributed by atoms with E-state index in [0.29, 0.717) is 24.5 Å². The Bertz CT molecular complexity index is 895. The fourth-order valence-corrected chi connectivity index (χ4v) is 4.54. The Morgan fingerprint density at radius 1 is 1.03 bits per heavy atom. The first-order chi connectivity index (χ1) is 13.9. The maximum absolute atomic E-state index is 12.9. The van der Waals surface area contributed by atoms with Crippen molar-refractivity contribution in [1.29, 1.82) is 0 Å². The maximum atomic E-state index is 12.9. The van der Waals surface area contributed by atoms with Crippen molar-refractivity contribution in [3.05, 3.63) is 53.6 Å². The lowest BCUT2D eigenvalue weighted by Crippen LogP contribution is -2.47. The minimum absolute atomic E-state index is 0.0360. The third-order valence-electron chi connectivity index (χ3n) is 5.31. The van der Waals surface area contributed by atoms with Gasteiger partial charge in [0.1, 0.15) is 0 Å². The van der Waals surface area contributed by atoms with E-state index < -0.39 is 11.7 Å². The van der Waals surface area contributed by atoms with E-state index in [4.69, 9.17) is 0 Å². The number of anilines is 2. The summed E-state index contributed by atoms with van der Waals surface area (Å²) in [5.41, 5.74) is 2.14. The monoisotopic (exact) mass is 421 g/mol. The summed E-state index contributed by atoms with van der Waals surface area (Å²) in [7, 11) is 0. The molecule has 0 radical (unpaired) electrons. The number of rotatable bonds is 4. The van der Waals surface area contributed by atoms with Gasteiger partial charge in [0.2, 0.25) is 5.91 Å². The van der Waals surface area contributed by atoms with E-state index >= 15 is 0 Å². The van der Waals surface area contributed by atoms with Crippen LogP contribution in [0.5, 0.6) is 0 Å². The van der Waals surface area contributed by atoms with Crippen LogP contribution < -0.4 is 10.2 Å². The first-order valence-electron chi connectivity index (χ1n) is 9.59. The second-order valence-corrected chi connectivity index (χ2v) is 8.31. The average molecular weight is 421 g/mol. The van der Waals surface area contributed by atoms with Gasteiger partial charge < -0.3 is 10.2 Å². The van der Waals surface area contributed by atoms with Gasteiger partial charge in [-0.25, -0.2) is 0 Å². The molecule has 1 N–H and O–H groups in total. The van der Waals surface area contributed by atoms with Crippen LogP contribution in [0.25, 0.3) is 0 Å². The van der Waals surface area contributed by atoms with Gasteiger partial charge in [-0.15, -0.1) is 11.8 Å². The number of benzene rings is 2. The molecule has 1 amide bonds. The van der Waals surface area contributed by atoms with Crippen LogP contribution in [-0.2, 0) is 17.4 Å². The molecule has 2 heterocycles. The first-order valence-corrected chi connectivity index (χ1v) is 10.6. The van der Waals surface area contributed by atoms with Gasteiger partial charge in [-0.2, -0.15) is 13.2 Å². The summed E-state index contributed by atoms with van der Waals surface area (Å²) in [6, 6.07) is 11.7. The van der Waals surface area contributed by atoms with E-state index in [2.05, 4.69) is 16.3 Å². The Hall–Kier alpha value is -2.19. The van der Waals surface area contributed by atoms with E-state index in [-0.39, 0.29) is 5.91 Å². The lowest BCUT2D eigenvalue weighted by atomic mass is 10.1.